The Balaban J connectivity index is 1.87. The number of nitrogens with one attached hydrogen (secondary N) is 1. The maximum atomic E-state index is 9.74. The van der Waals surface area contributed by atoms with E-state index in [1.165, 1.54) is 11.1 Å². The number of fused-ring (bicyclic) bond motifs is 1. The molecule has 0 bridgehead atoms. The molecule has 1 aromatic carbocycles. The zero-order valence-electron chi connectivity index (χ0n) is 14.0. The minimum Gasteiger partial charge on any atom is -0.389 e. The number of aromatic nitrogens is 2. The average molecular weight is 312 g/mol. The normalized spacial score (nSPS) is 15.2. The molecule has 2 aromatic rings. The van der Waals surface area contributed by atoms with E-state index in [-0.39, 0.29) is 0 Å². The number of anilines is 2. The van der Waals surface area contributed by atoms with E-state index in [0.29, 0.717) is 5.95 Å². The van der Waals surface area contributed by atoms with Gasteiger partial charge in [0.25, 0.3) is 0 Å². The first kappa shape index (κ1) is 15.7. The summed E-state index contributed by atoms with van der Waals surface area (Å²) < 4.78 is 0. The van der Waals surface area contributed by atoms with Gasteiger partial charge >= 0.3 is 0 Å². The molecule has 1 aliphatic heterocycles. The first-order chi connectivity index (χ1) is 11.1. The SMILES string of the molecule is CCc1cc(N2CCc3cc([C@@H](C)O)ccc3C2)nc(NC)n1. The summed E-state index contributed by atoms with van der Waals surface area (Å²) in [5.74, 6) is 1.65. The summed E-state index contributed by atoms with van der Waals surface area (Å²) in [5, 5.41) is 12.8. The van der Waals surface area contributed by atoms with Crippen LogP contribution in [0.25, 0.3) is 0 Å². The molecule has 0 spiro atoms. The average Bonchev–Trinajstić information content (AvgIpc) is 2.60. The Labute approximate surface area is 137 Å². The van der Waals surface area contributed by atoms with Crippen molar-refractivity contribution in [1.82, 2.24) is 9.97 Å². The Hall–Kier alpha value is -2.14. The van der Waals surface area contributed by atoms with Gasteiger partial charge in [0.1, 0.15) is 5.82 Å². The number of hydrogen-bond donors (Lipinski definition) is 2. The van der Waals surface area contributed by atoms with Crippen molar-refractivity contribution in [3.05, 3.63) is 46.6 Å². The van der Waals surface area contributed by atoms with E-state index in [1.807, 2.05) is 20.0 Å². The number of nitrogens with zero attached hydrogens (tertiary/aromatic N) is 3. The number of rotatable bonds is 4. The zero-order chi connectivity index (χ0) is 16.4. The van der Waals surface area contributed by atoms with Crippen LogP contribution < -0.4 is 10.2 Å². The highest BCUT2D eigenvalue weighted by molar-refractivity contribution is 5.48. The van der Waals surface area contributed by atoms with Gasteiger partial charge in [-0.05, 0) is 36.5 Å². The molecule has 1 aliphatic rings. The van der Waals surface area contributed by atoms with Crippen LogP contribution in [0, 0.1) is 0 Å². The summed E-state index contributed by atoms with van der Waals surface area (Å²) >= 11 is 0. The van der Waals surface area contributed by atoms with Crippen LogP contribution in [-0.2, 0) is 19.4 Å². The summed E-state index contributed by atoms with van der Waals surface area (Å²) in [4.78, 5) is 11.4. The second kappa shape index (κ2) is 6.54. The number of aryl methyl sites for hydroxylation is 1. The van der Waals surface area contributed by atoms with Crippen molar-refractivity contribution in [2.75, 3.05) is 23.8 Å². The van der Waals surface area contributed by atoms with Crippen LogP contribution in [0.4, 0.5) is 11.8 Å². The lowest BCUT2D eigenvalue weighted by Gasteiger charge is -2.30. The van der Waals surface area contributed by atoms with E-state index in [1.54, 1.807) is 0 Å². The van der Waals surface area contributed by atoms with Gasteiger partial charge in [0.2, 0.25) is 5.95 Å². The summed E-state index contributed by atoms with van der Waals surface area (Å²) in [6.07, 6.45) is 1.45. The van der Waals surface area contributed by atoms with Crippen molar-refractivity contribution in [1.29, 1.82) is 0 Å². The summed E-state index contributed by atoms with van der Waals surface area (Å²) in [6, 6.07) is 8.36. The molecule has 23 heavy (non-hydrogen) atoms. The lowest BCUT2D eigenvalue weighted by molar-refractivity contribution is 0.199. The van der Waals surface area contributed by atoms with Crippen molar-refractivity contribution < 1.29 is 5.11 Å². The molecule has 0 radical (unpaired) electrons. The van der Waals surface area contributed by atoms with Crippen LogP contribution in [0.2, 0.25) is 0 Å². The maximum absolute atomic E-state index is 9.74. The quantitative estimate of drug-likeness (QED) is 0.909. The molecule has 2 N–H and O–H groups in total. The Morgan fingerprint density at radius 3 is 2.78 bits per heavy atom. The first-order valence-electron chi connectivity index (χ1n) is 8.21. The van der Waals surface area contributed by atoms with Crippen LogP contribution >= 0.6 is 0 Å². The molecule has 5 nitrogen and oxygen atoms in total. The Bertz CT molecular complexity index is 677. The molecule has 3 rings (SSSR count). The predicted octanol–water partition coefficient (Wildman–Crippen LogP) is 2.70. The van der Waals surface area contributed by atoms with Gasteiger partial charge in [-0.25, -0.2) is 4.98 Å². The molecular formula is C18H24N4O. The third kappa shape index (κ3) is 3.29. The number of aliphatic hydroxyl groups excluding tert-OH is 1. The highest BCUT2D eigenvalue weighted by atomic mass is 16.3. The summed E-state index contributed by atoms with van der Waals surface area (Å²) in [5.41, 5.74) is 4.68. The summed E-state index contributed by atoms with van der Waals surface area (Å²) in [7, 11) is 1.85. The first-order valence-corrected chi connectivity index (χ1v) is 8.21. The molecule has 1 atom stereocenters. The number of benzene rings is 1. The second-order valence-corrected chi connectivity index (χ2v) is 6.02. The van der Waals surface area contributed by atoms with Gasteiger partial charge in [-0.15, -0.1) is 0 Å². The fourth-order valence-electron chi connectivity index (χ4n) is 2.97. The lowest BCUT2D eigenvalue weighted by atomic mass is 9.96. The monoisotopic (exact) mass is 312 g/mol. The highest BCUT2D eigenvalue weighted by Crippen LogP contribution is 2.26. The molecule has 1 aromatic heterocycles. The van der Waals surface area contributed by atoms with Crippen molar-refractivity contribution >= 4 is 11.8 Å². The third-order valence-corrected chi connectivity index (χ3v) is 4.40. The van der Waals surface area contributed by atoms with Crippen molar-refractivity contribution in [2.45, 2.75) is 39.3 Å². The molecule has 2 heterocycles. The minimum absolute atomic E-state index is 0.412. The van der Waals surface area contributed by atoms with Crippen molar-refractivity contribution in [3.8, 4) is 0 Å². The van der Waals surface area contributed by atoms with Crippen LogP contribution in [0.15, 0.2) is 24.3 Å². The van der Waals surface area contributed by atoms with Gasteiger partial charge in [-0.3, -0.25) is 0 Å². The van der Waals surface area contributed by atoms with E-state index in [9.17, 15) is 5.11 Å². The molecule has 0 unspecified atom stereocenters. The maximum Gasteiger partial charge on any atom is 0.224 e. The van der Waals surface area contributed by atoms with Crippen LogP contribution in [0.1, 0.15) is 42.3 Å². The number of hydrogen-bond acceptors (Lipinski definition) is 5. The van der Waals surface area contributed by atoms with E-state index >= 15 is 0 Å². The van der Waals surface area contributed by atoms with Crippen LogP contribution in [0.5, 0.6) is 0 Å². The molecular weight excluding hydrogens is 288 g/mol. The van der Waals surface area contributed by atoms with E-state index < -0.39 is 6.10 Å². The Morgan fingerprint density at radius 1 is 1.26 bits per heavy atom. The molecule has 122 valence electrons. The largest absolute Gasteiger partial charge is 0.389 e. The van der Waals surface area contributed by atoms with E-state index in [2.05, 4.69) is 45.3 Å². The highest BCUT2D eigenvalue weighted by Gasteiger charge is 2.19. The van der Waals surface area contributed by atoms with Crippen LogP contribution in [0.3, 0.4) is 0 Å². The van der Waals surface area contributed by atoms with E-state index in [4.69, 9.17) is 0 Å². The Kier molecular flexibility index (Phi) is 4.48. The fourth-order valence-corrected chi connectivity index (χ4v) is 2.97. The van der Waals surface area contributed by atoms with Crippen LogP contribution in [-0.4, -0.2) is 28.7 Å². The van der Waals surface area contributed by atoms with Gasteiger partial charge in [-0.2, -0.15) is 4.98 Å². The predicted molar refractivity (Wildman–Crippen MR) is 92.8 cm³/mol. The van der Waals surface area contributed by atoms with Crippen molar-refractivity contribution in [2.24, 2.45) is 0 Å². The summed E-state index contributed by atoms with van der Waals surface area (Å²) in [6.45, 7) is 5.69. The molecule has 0 saturated carbocycles. The smallest absolute Gasteiger partial charge is 0.224 e. The fraction of sp³-hybridized carbons (Fsp3) is 0.444. The molecule has 0 aliphatic carbocycles. The number of aliphatic hydroxyl groups is 1. The minimum atomic E-state index is -0.412. The van der Waals surface area contributed by atoms with Crippen molar-refractivity contribution in [3.63, 3.8) is 0 Å². The topological polar surface area (TPSA) is 61.3 Å². The van der Waals surface area contributed by atoms with Gasteiger partial charge in [0.05, 0.1) is 6.10 Å². The Morgan fingerprint density at radius 2 is 2.09 bits per heavy atom. The van der Waals surface area contributed by atoms with Gasteiger partial charge in [-0.1, -0.05) is 25.1 Å². The standard InChI is InChI=1S/C18H24N4O/c1-4-16-10-17(21-18(19-3)20-16)22-8-7-14-9-13(12(2)23)5-6-15(14)11-22/h5-6,9-10,12,23H,4,7-8,11H2,1-3H3,(H,19,20,21)/t12-/m1/s1. The zero-order valence-corrected chi connectivity index (χ0v) is 14.0. The van der Waals surface area contributed by atoms with Gasteiger partial charge < -0.3 is 15.3 Å². The molecule has 0 saturated heterocycles. The van der Waals surface area contributed by atoms with Gasteiger partial charge in [0, 0.05) is 31.9 Å². The third-order valence-electron chi connectivity index (χ3n) is 4.40. The lowest BCUT2D eigenvalue weighted by Crippen LogP contribution is -2.31. The molecule has 0 amide bonds. The second-order valence-electron chi connectivity index (χ2n) is 6.02. The van der Waals surface area contributed by atoms with E-state index in [0.717, 1.165) is 43.0 Å². The molecule has 5 heteroatoms. The molecule has 0 fully saturated rings. The van der Waals surface area contributed by atoms with Gasteiger partial charge in [0.15, 0.2) is 0 Å².